The first-order chi connectivity index (χ1) is 15.7. The van der Waals surface area contributed by atoms with Crippen molar-refractivity contribution in [1.29, 1.82) is 0 Å². The molecule has 168 valence electrons. The number of carbonyl (C=O) groups is 3. The maximum Gasteiger partial charge on any atom is 0.332 e. The number of anilines is 1. The third-order valence-electron chi connectivity index (χ3n) is 6.83. The van der Waals surface area contributed by atoms with Crippen LogP contribution in [0.2, 0.25) is 0 Å². The molecule has 0 radical (unpaired) electrons. The van der Waals surface area contributed by atoms with Crippen molar-refractivity contribution in [3.8, 4) is 0 Å². The molecule has 0 bridgehead atoms. The standard InChI is InChI=1S/C24H23N5O4/c1-14-9-8-12-29-18(14)25-19-16(20(29)30)13-24(17(26(19)2)15-10-6-5-7-11-15)21(31)27(3)23(33)28(4)22(24)32/h5-12,17H,13H2,1-4H3. The maximum atomic E-state index is 13.7. The van der Waals surface area contributed by atoms with Crippen molar-refractivity contribution in [2.75, 3.05) is 26.0 Å². The summed E-state index contributed by atoms with van der Waals surface area (Å²) in [5.41, 5.74) is 0.304. The summed E-state index contributed by atoms with van der Waals surface area (Å²) in [6, 6.07) is 11.4. The zero-order valence-corrected chi connectivity index (χ0v) is 18.8. The number of imide groups is 2. The number of aryl methyl sites for hydroxylation is 1. The van der Waals surface area contributed by atoms with Gasteiger partial charge in [-0.15, -0.1) is 0 Å². The quantitative estimate of drug-likeness (QED) is 0.530. The lowest BCUT2D eigenvalue weighted by Crippen LogP contribution is -2.68. The SMILES string of the molecule is Cc1cccn2c(=O)c3c(nc12)N(C)C(c1ccccc1)C1(C3)C(=O)N(C)C(=O)N(C)C1=O. The average Bonchev–Trinajstić information content (AvgIpc) is 2.82. The highest BCUT2D eigenvalue weighted by Crippen LogP contribution is 2.50. The van der Waals surface area contributed by atoms with E-state index in [2.05, 4.69) is 0 Å². The van der Waals surface area contributed by atoms with Crippen molar-refractivity contribution in [3.05, 3.63) is 75.7 Å². The number of rotatable bonds is 1. The molecule has 5 rings (SSSR count). The number of pyridine rings is 1. The molecule has 1 spiro atoms. The Morgan fingerprint density at radius 3 is 2.18 bits per heavy atom. The van der Waals surface area contributed by atoms with Gasteiger partial charge < -0.3 is 4.90 Å². The van der Waals surface area contributed by atoms with E-state index in [0.717, 1.165) is 20.9 Å². The smallest absolute Gasteiger partial charge is 0.332 e. The first-order valence-electron chi connectivity index (χ1n) is 10.6. The number of urea groups is 1. The summed E-state index contributed by atoms with van der Waals surface area (Å²) in [6.07, 6.45) is 1.47. The van der Waals surface area contributed by atoms with Crippen molar-refractivity contribution in [2.24, 2.45) is 5.41 Å². The highest BCUT2D eigenvalue weighted by molar-refractivity contribution is 6.20. The van der Waals surface area contributed by atoms with Crippen LogP contribution in [0, 0.1) is 12.3 Å². The fourth-order valence-corrected chi connectivity index (χ4v) is 5.22. The maximum absolute atomic E-state index is 13.7. The molecule has 2 aliphatic rings. The van der Waals surface area contributed by atoms with Crippen molar-refractivity contribution in [3.63, 3.8) is 0 Å². The molecular formula is C24H23N5O4. The predicted octanol–water partition coefficient (Wildman–Crippen LogP) is 1.77. The third-order valence-corrected chi connectivity index (χ3v) is 6.83. The number of fused-ring (bicyclic) bond motifs is 2. The van der Waals surface area contributed by atoms with Crippen LogP contribution in [-0.4, -0.2) is 58.2 Å². The second kappa shape index (κ2) is 6.99. The number of nitrogens with zero attached hydrogens (tertiary/aromatic N) is 5. The van der Waals surface area contributed by atoms with Gasteiger partial charge in [0.05, 0.1) is 11.6 Å². The molecular weight excluding hydrogens is 422 g/mol. The van der Waals surface area contributed by atoms with Crippen LogP contribution >= 0.6 is 0 Å². The molecule has 2 aliphatic heterocycles. The van der Waals surface area contributed by atoms with Crippen LogP contribution in [-0.2, 0) is 16.0 Å². The summed E-state index contributed by atoms with van der Waals surface area (Å²) in [5, 5.41) is 0. The van der Waals surface area contributed by atoms with Crippen LogP contribution < -0.4 is 10.5 Å². The molecule has 9 heteroatoms. The van der Waals surface area contributed by atoms with Gasteiger partial charge in [-0.25, -0.2) is 9.78 Å². The third kappa shape index (κ3) is 2.62. The van der Waals surface area contributed by atoms with Crippen LogP contribution in [0.15, 0.2) is 53.5 Å². The largest absolute Gasteiger partial charge is 0.351 e. The lowest BCUT2D eigenvalue weighted by molar-refractivity contribution is -0.159. The number of hydrogen-bond acceptors (Lipinski definition) is 6. The molecule has 1 unspecified atom stereocenters. The van der Waals surface area contributed by atoms with Gasteiger partial charge in [-0.2, -0.15) is 0 Å². The monoisotopic (exact) mass is 445 g/mol. The van der Waals surface area contributed by atoms with Crippen LogP contribution in [0.3, 0.4) is 0 Å². The van der Waals surface area contributed by atoms with E-state index in [1.165, 1.54) is 18.5 Å². The molecule has 4 heterocycles. The summed E-state index contributed by atoms with van der Waals surface area (Å²) >= 11 is 0. The fourth-order valence-electron chi connectivity index (χ4n) is 5.22. The van der Waals surface area contributed by atoms with E-state index in [9.17, 15) is 19.2 Å². The Morgan fingerprint density at radius 2 is 1.55 bits per heavy atom. The molecule has 1 fully saturated rings. The Labute approximate surface area is 189 Å². The number of amides is 4. The lowest BCUT2D eigenvalue weighted by Gasteiger charge is -2.51. The number of benzene rings is 1. The summed E-state index contributed by atoms with van der Waals surface area (Å²) < 4.78 is 1.44. The molecule has 0 N–H and O–H groups in total. The minimum absolute atomic E-state index is 0.158. The summed E-state index contributed by atoms with van der Waals surface area (Å²) in [6.45, 7) is 1.87. The summed E-state index contributed by atoms with van der Waals surface area (Å²) in [4.78, 5) is 62.0. The fraction of sp³-hybridized carbons (Fsp3) is 0.292. The van der Waals surface area contributed by atoms with E-state index >= 15 is 0 Å². The zero-order valence-electron chi connectivity index (χ0n) is 18.8. The first kappa shape index (κ1) is 20.9. The van der Waals surface area contributed by atoms with Crippen LogP contribution in [0.5, 0.6) is 0 Å². The molecule has 3 aromatic rings. The predicted molar refractivity (Wildman–Crippen MR) is 121 cm³/mol. The molecule has 0 aliphatic carbocycles. The molecule has 1 atom stereocenters. The van der Waals surface area contributed by atoms with E-state index in [0.29, 0.717) is 11.5 Å². The van der Waals surface area contributed by atoms with Gasteiger partial charge in [-0.1, -0.05) is 36.4 Å². The molecule has 2 aromatic heterocycles. The van der Waals surface area contributed by atoms with Crippen molar-refractivity contribution in [2.45, 2.75) is 19.4 Å². The first-order valence-corrected chi connectivity index (χ1v) is 10.6. The highest BCUT2D eigenvalue weighted by Gasteiger charge is 2.63. The van der Waals surface area contributed by atoms with Crippen molar-refractivity contribution in [1.82, 2.24) is 19.2 Å². The number of hydrogen-bond donors (Lipinski definition) is 0. The van der Waals surface area contributed by atoms with Gasteiger partial charge in [0, 0.05) is 33.8 Å². The van der Waals surface area contributed by atoms with Gasteiger partial charge >= 0.3 is 6.03 Å². The summed E-state index contributed by atoms with van der Waals surface area (Å²) in [7, 11) is 4.46. The number of barbiturate groups is 1. The van der Waals surface area contributed by atoms with E-state index in [4.69, 9.17) is 4.98 Å². The van der Waals surface area contributed by atoms with Gasteiger partial charge in [0.1, 0.15) is 11.5 Å². The Morgan fingerprint density at radius 1 is 0.909 bits per heavy atom. The second-order valence-electron chi connectivity index (χ2n) is 8.69. The Bertz CT molecular complexity index is 1370. The van der Waals surface area contributed by atoms with E-state index in [1.54, 1.807) is 24.2 Å². The van der Waals surface area contributed by atoms with Gasteiger partial charge in [0.15, 0.2) is 5.41 Å². The highest BCUT2D eigenvalue weighted by atomic mass is 16.2. The number of aromatic nitrogens is 2. The molecule has 1 aromatic carbocycles. The number of carbonyl (C=O) groups excluding carboxylic acids is 3. The van der Waals surface area contributed by atoms with Crippen LogP contribution in [0.1, 0.15) is 22.7 Å². The van der Waals surface area contributed by atoms with Gasteiger partial charge in [-0.3, -0.25) is 28.6 Å². The lowest BCUT2D eigenvalue weighted by atomic mass is 9.67. The zero-order chi connectivity index (χ0) is 23.7. The van der Waals surface area contributed by atoms with Crippen molar-refractivity contribution >= 4 is 29.3 Å². The van der Waals surface area contributed by atoms with E-state index in [-0.39, 0.29) is 17.5 Å². The second-order valence-corrected chi connectivity index (χ2v) is 8.69. The van der Waals surface area contributed by atoms with Gasteiger partial charge in [0.25, 0.3) is 5.56 Å². The minimum Gasteiger partial charge on any atom is -0.351 e. The van der Waals surface area contributed by atoms with Gasteiger partial charge in [0.2, 0.25) is 11.8 Å². The molecule has 1 saturated heterocycles. The Balaban J connectivity index is 1.86. The Hall–Kier alpha value is -4.01. The minimum atomic E-state index is -1.70. The van der Waals surface area contributed by atoms with Crippen LogP contribution in [0.4, 0.5) is 10.6 Å². The Kier molecular flexibility index (Phi) is 4.42. The van der Waals surface area contributed by atoms with Crippen molar-refractivity contribution < 1.29 is 14.4 Å². The van der Waals surface area contributed by atoms with E-state index in [1.807, 2.05) is 43.3 Å². The molecule has 4 amide bonds. The van der Waals surface area contributed by atoms with Crippen LogP contribution in [0.25, 0.3) is 5.65 Å². The summed E-state index contributed by atoms with van der Waals surface area (Å²) in [5.74, 6) is -0.831. The normalized spacial score (nSPS) is 20.1. The topological polar surface area (TPSA) is 95.3 Å². The van der Waals surface area contributed by atoms with E-state index < -0.39 is 29.3 Å². The molecule has 0 saturated carbocycles. The molecule has 33 heavy (non-hydrogen) atoms. The average molecular weight is 445 g/mol. The van der Waals surface area contributed by atoms with Gasteiger partial charge in [-0.05, 0) is 24.1 Å². The molecule has 9 nitrogen and oxygen atoms in total.